The molecule has 1 aliphatic carbocycles. The van der Waals surface area contributed by atoms with Crippen molar-refractivity contribution >= 4 is 5.91 Å². The van der Waals surface area contributed by atoms with Gasteiger partial charge in [0.1, 0.15) is 0 Å². The molecular formula is C13H25N3O. The van der Waals surface area contributed by atoms with Crippen LogP contribution >= 0.6 is 0 Å². The van der Waals surface area contributed by atoms with Gasteiger partial charge in [0, 0.05) is 19.1 Å². The van der Waals surface area contributed by atoms with Gasteiger partial charge in [-0.15, -0.1) is 0 Å². The van der Waals surface area contributed by atoms with Crippen molar-refractivity contribution in [3.8, 4) is 0 Å². The van der Waals surface area contributed by atoms with Crippen LogP contribution in [0.4, 0.5) is 0 Å². The zero-order valence-electron chi connectivity index (χ0n) is 10.8. The van der Waals surface area contributed by atoms with Crippen molar-refractivity contribution in [1.29, 1.82) is 0 Å². The largest absolute Gasteiger partial charge is 0.355 e. The van der Waals surface area contributed by atoms with E-state index in [-0.39, 0.29) is 17.9 Å². The standard InChI is InChI=1S/C13H25N3O/c1-16-7-6-10(9-16)8-15-13(17)11-4-2-3-5-12(11)14/h10-12H,2-9,14H2,1H3,(H,15,17). The summed E-state index contributed by atoms with van der Waals surface area (Å²) in [6.07, 6.45) is 5.51. The van der Waals surface area contributed by atoms with E-state index in [2.05, 4.69) is 17.3 Å². The lowest BCUT2D eigenvalue weighted by atomic mass is 9.84. The van der Waals surface area contributed by atoms with Crippen LogP contribution in [0.1, 0.15) is 32.1 Å². The Morgan fingerprint density at radius 1 is 1.35 bits per heavy atom. The molecule has 1 saturated heterocycles. The van der Waals surface area contributed by atoms with Crippen LogP contribution in [-0.4, -0.2) is 43.5 Å². The fraction of sp³-hybridized carbons (Fsp3) is 0.923. The fourth-order valence-corrected chi connectivity index (χ4v) is 3.05. The Balaban J connectivity index is 1.73. The summed E-state index contributed by atoms with van der Waals surface area (Å²) in [4.78, 5) is 14.4. The molecule has 3 N–H and O–H groups in total. The summed E-state index contributed by atoms with van der Waals surface area (Å²) in [6, 6.07) is 0.0787. The molecule has 1 heterocycles. The molecule has 98 valence electrons. The van der Waals surface area contributed by atoms with Crippen molar-refractivity contribution in [2.24, 2.45) is 17.6 Å². The minimum absolute atomic E-state index is 0.0582. The number of likely N-dealkylation sites (tertiary alicyclic amines) is 1. The van der Waals surface area contributed by atoms with Gasteiger partial charge in [-0.3, -0.25) is 4.79 Å². The number of nitrogens with one attached hydrogen (secondary N) is 1. The highest BCUT2D eigenvalue weighted by Crippen LogP contribution is 2.23. The third-order valence-electron chi connectivity index (χ3n) is 4.21. The number of nitrogens with two attached hydrogens (primary N) is 1. The Kier molecular flexibility index (Phi) is 4.40. The quantitative estimate of drug-likeness (QED) is 0.757. The van der Waals surface area contributed by atoms with E-state index in [1.165, 1.54) is 12.8 Å². The van der Waals surface area contributed by atoms with Gasteiger partial charge in [-0.1, -0.05) is 12.8 Å². The molecule has 3 unspecified atom stereocenters. The lowest BCUT2D eigenvalue weighted by molar-refractivity contribution is -0.126. The Morgan fingerprint density at radius 2 is 2.12 bits per heavy atom. The van der Waals surface area contributed by atoms with E-state index < -0.39 is 0 Å². The third kappa shape index (κ3) is 3.42. The zero-order chi connectivity index (χ0) is 12.3. The number of carbonyl (C=O) groups excluding carboxylic acids is 1. The number of carbonyl (C=O) groups is 1. The summed E-state index contributed by atoms with van der Waals surface area (Å²) in [5.74, 6) is 0.874. The molecule has 2 rings (SSSR count). The van der Waals surface area contributed by atoms with Gasteiger partial charge >= 0.3 is 0 Å². The molecule has 0 spiro atoms. The molecule has 1 aliphatic heterocycles. The fourth-order valence-electron chi connectivity index (χ4n) is 3.05. The maximum Gasteiger partial charge on any atom is 0.224 e. The number of hydrogen-bond acceptors (Lipinski definition) is 3. The van der Waals surface area contributed by atoms with Crippen molar-refractivity contribution in [3.63, 3.8) is 0 Å². The number of amides is 1. The van der Waals surface area contributed by atoms with E-state index in [0.717, 1.165) is 38.9 Å². The Labute approximate surface area is 104 Å². The summed E-state index contributed by atoms with van der Waals surface area (Å²) in [7, 11) is 2.14. The number of hydrogen-bond donors (Lipinski definition) is 2. The summed E-state index contributed by atoms with van der Waals surface area (Å²) in [6.45, 7) is 3.09. The van der Waals surface area contributed by atoms with Gasteiger partial charge < -0.3 is 16.0 Å². The van der Waals surface area contributed by atoms with Crippen LogP contribution in [0.5, 0.6) is 0 Å². The van der Waals surface area contributed by atoms with Crippen LogP contribution in [0.25, 0.3) is 0 Å². The van der Waals surface area contributed by atoms with Crippen molar-refractivity contribution in [2.75, 3.05) is 26.7 Å². The van der Waals surface area contributed by atoms with Crippen molar-refractivity contribution in [2.45, 2.75) is 38.1 Å². The summed E-state index contributed by atoms with van der Waals surface area (Å²) in [5, 5.41) is 3.10. The monoisotopic (exact) mass is 239 g/mol. The molecule has 17 heavy (non-hydrogen) atoms. The molecule has 2 fully saturated rings. The molecule has 0 bridgehead atoms. The van der Waals surface area contributed by atoms with Crippen LogP contribution in [0.2, 0.25) is 0 Å². The number of rotatable bonds is 3. The second kappa shape index (κ2) is 5.83. The van der Waals surface area contributed by atoms with Gasteiger partial charge in [0.15, 0.2) is 0 Å². The van der Waals surface area contributed by atoms with Crippen molar-refractivity contribution in [1.82, 2.24) is 10.2 Å². The van der Waals surface area contributed by atoms with Gasteiger partial charge in [0.2, 0.25) is 5.91 Å². The van der Waals surface area contributed by atoms with E-state index in [1.807, 2.05) is 0 Å². The highest BCUT2D eigenvalue weighted by molar-refractivity contribution is 5.79. The number of nitrogens with zero attached hydrogens (tertiary/aromatic N) is 1. The van der Waals surface area contributed by atoms with Gasteiger partial charge in [-0.25, -0.2) is 0 Å². The Bertz CT molecular complexity index is 269. The maximum atomic E-state index is 12.0. The molecule has 0 aromatic heterocycles. The molecule has 4 heteroatoms. The lowest BCUT2D eigenvalue weighted by Gasteiger charge is -2.27. The average molecular weight is 239 g/mol. The molecule has 0 radical (unpaired) electrons. The van der Waals surface area contributed by atoms with Gasteiger partial charge in [-0.05, 0) is 38.8 Å². The van der Waals surface area contributed by atoms with E-state index in [9.17, 15) is 4.79 Å². The predicted molar refractivity (Wildman–Crippen MR) is 68.5 cm³/mol. The highest BCUT2D eigenvalue weighted by atomic mass is 16.1. The molecule has 2 aliphatic rings. The summed E-state index contributed by atoms with van der Waals surface area (Å²) in [5.41, 5.74) is 6.02. The topological polar surface area (TPSA) is 58.4 Å². The Morgan fingerprint density at radius 3 is 2.76 bits per heavy atom. The van der Waals surface area contributed by atoms with Crippen LogP contribution in [0.3, 0.4) is 0 Å². The van der Waals surface area contributed by atoms with Crippen LogP contribution in [0.15, 0.2) is 0 Å². The minimum Gasteiger partial charge on any atom is -0.355 e. The molecule has 1 saturated carbocycles. The van der Waals surface area contributed by atoms with E-state index >= 15 is 0 Å². The van der Waals surface area contributed by atoms with Crippen LogP contribution < -0.4 is 11.1 Å². The molecule has 1 amide bonds. The molecular weight excluding hydrogens is 214 g/mol. The lowest BCUT2D eigenvalue weighted by Crippen LogP contribution is -2.44. The zero-order valence-corrected chi connectivity index (χ0v) is 10.8. The Hall–Kier alpha value is -0.610. The average Bonchev–Trinajstić information content (AvgIpc) is 2.73. The van der Waals surface area contributed by atoms with Gasteiger partial charge in [0.25, 0.3) is 0 Å². The van der Waals surface area contributed by atoms with Crippen molar-refractivity contribution < 1.29 is 4.79 Å². The molecule has 3 atom stereocenters. The first kappa shape index (κ1) is 12.8. The minimum atomic E-state index is 0.0582. The first-order valence-corrected chi connectivity index (χ1v) is 6.88. The third-order valence-corrected chi connectivity index (χ3v) is 4.21. The van der Waals surface area contributed by atoms with Crippen LogP contribution in [-0.2, 0) is 4.79 Å². The summed E-state index contributed by atoms with van der Waals surface area (Å²) >= 11 is 0. The predicted octanol–water partition coefficient (Wildman–Crippen LogP) is 0.572. The smallest absolute Gasteiger partial charge is 0.224 e. The SMILES string of the molecule is CN1CCC(CNC(=O)C2CCCCC2N)C1. The van der Waals surface area contributed by atoms with Gasteiger partial charge in [0.05, 0.1) is 5.92 Å². The maximum absolute atomic E-state index is 12.0. The van der Waals surface area contributed by atoms with E-state index in [0.29, 0.717) is 5.92 Å². The van der Waals surface area contributed by atoms with Crippen LogP contribution in [0, 0.1) is 11.8 Å². The first-order valence-electron chi connectivity index (χ1n) is 6.88. The summed E-state index contributed by atoms with van der Waals surface area (Å²) < 4.78 is 0. The van der Waals surface area contributed by atoms with Gasteiger partial charge in [-0.2, -0.15) is 0 Å². The highest BCUT2D eigenvalue weighted by Gasteiger charge is 2.29. The first-order chi connectivity index (χ1) is 8.16. The normalized spacial score (nSPS) is 34.8. The second-order valence-electron chi connectivity index (χ2n) is 5.72. The van der Waals surface area contributed by atoms with E-state index in [4.69, 9.17) is 5.73 Å². The molecule has 0 aromatic rings. The van der Waals surface area contributed by atoms with Crippen molar-refractivity contribution in [3.05, 3.63) is 0 Å². The molecule has 0 aromatic carbocycles. The second-order valence-corrected chi connectivity index (χ2v) is 5.72. The van der Waals surface area contributed by atoms with E-state index in [1.54, 1.807) is 0 Å². The molecule has 4 nitrogen and oxygen atoms in total.